The van der Waals surface area contributed by atoms with E-state index in [1.165, 1.54) is 17.5 Å². The molecule has 0 radical (unpaired) electrons. The largest absolute Gasteiger partial charge is 0.387 e. The summed E-state index contributed by atoms with van der Waals surface area (Å²) in [6.45, 7) is 0.143. The number of aliphatic hydroxyl groups is 1. The van der Waals surface area contributed by atoms with E-state index in [0.717, 1.165) is 11.1 Å². The van der Waals surface area contributed by atoms with Crippen molar-refractivity contribution < 1.29 is 9.90 Å². The molecule has 6 heteroatoms. The smallest absolute Gasteiger partial charge is 0.271 e. The van der Waals surface area contributed by atoms with E-state index >= 15 is 0 Å². The normalized spacial score (nSPS) is 12.2. The van der Waals surface area contributed by atoms with E-state index in [9.17, 15) is 9.90 Å². The molecule has 0 bridgehead atoms. The molecule has 1 amide bonds. The van der Waals surface area contributed by atoms with Crippen LogP contribution in [0.2, 0.25) is 0 Å². The number of amides is 1. The Morgan fingerprint density at radius 3 is 2.86 bits per heavy atom. The average Bonchev–Trinajstić information content (AvgIpc) is 3.06. The van der Waals surface area contributed by atoms with Crippen molar-refractivity contribution in [1.29, 1.82) is 0 Å². The monoisotopic (exact) mass is 299 g/mol. The molecule has 0 aliphatic heterocycles. The van der Waals surface area contributed by atoms with Crippen LogP contribution in [0.4, 0.5) is 0 Å². The van der Waals surface area contributed by atoms with Gasteiger partial charge in [-0.3, -0.25) is 9.78 Å². The summed E-state index contributed by atoms with van der Waals surface area (Å²) in [6.07, 6.45) is 0.725. The number of benzene rings is 1. The van der Waals surface area contributed by atoms with E-state index in [1.807, 2.05) is 35.0 Å². The van der Waals surface area contributed by atoms with Crippen molar-refractivity contribution in [2.45, 2.75) is 6.10 Å². The van der Waals surface area contributed by atoms with Gasteiger partial charge in [0.1, 0.15) is 5.69 Å². The quantitative estimate of drug-likeness (QED) is 0.774. The summed E-state index contributed by atoms with van der Waals surface area (Å²) in [4.78, 5) is 20.5. The number of nitrogens with zero attached hydrogens (tertiary/aromatic N) is 2. The lowest BCUT2D eigenvalue weighted by molar-refractivity contribution is 0.0911. The molecule has 5 nitrogen and oxygen atoms in total. The maximum Gasteiger partial charge on any atom is 0.271 e. The first-order valence-corrected chi connectivity index (χ1v) is 7.38. The van der Waals surface area contributed by atoms with Crippen LogP contribution in [0.3, 0.4) is 0 Å². The van der Waals surface area contributed by atoms with E-state index in [4.69, 9.17) is 0 Å². The molecule has 0 spiro atoms. The number of carbonyl (C=O) groups excluding carboxylic acids is 1. The molecule has 0 unspecified atom stereocenters. The van der Waals surface area contributed by atoms with Crippen LogP contribution in [0.25, 0.3) is 11.0 Å². The second-order valence-electron chi connectivity index (χ2n) is 4.53. The Morgan fingerprint density at radius 2 is 2.10 bits per heavy atom. The summed E-state index contributed by atoms with van der Waals surface area (Å²) in [6, 6.07) is 9.19. The SMILES string of the molecule is O=C(NC[C@@H](O)c1ccsc1)c1cnc2ccccc2n1. The molecule has 2 heterocycles. The van der Waals surface area contributed by atoms with Crippen molar-refractivity contribution in [3.05, 3.63) is 58.5 Å². The van der Waals surface area contributed by atoms with Gasteiger partial charge in [-0.25, -0.2) is 4.98 Å². The fourth-order valence-corrected chi connectivity index (χ4v) is 2.64. The van der Waals surface area contributed by atoms with E-state index in [1.54, 1.807) is 6.07 Å². The number of hydrogen-bond donors (Lipinski definition) is 2. The second-order valence-corrected chi connectivity index (χ2v) is 5.31. The highest BCUT2D eigenvalue weighted by molar-refractivity contribution is 7.07. The van der Waals surface area contributed by atoms with Crippen molar-refractivity contribution in [2.24, 2.45) is 0 Å². The topological polar surface area (TPSA) is 75.1 Å². The predicted octanol–water partition coefficient (Wildman–Crippen LogP) is 2.15. The van der Waals surface area contributed by atoms with Gasteiger partial charge in [-0.05, 0) is 34.5 Å². The number of carbonyl (C=O) groups is 1. The van der Waals surface area contributed by atoms with E-state index < -0.39 is 6.10 Å². The Kier molecular flexibility index (Phi) is 3.89. The highest BCUT2D eigenvalue weighted by Gasteiger charge is 2.12. The highest BCUT2D eigenvalue weighted by Crippen LogP contribution is 2.15. The molecular formula is C15H13N3O2S. The van der Waals surface area contributed by atoms with Gasteiger partial charge in [0.05, 0.1) is 23.3 Å². The number of aliphatic hydroxyl groups excluding tert-OH is 1. The Morgan fingerprint density at radius 1 is 1.29 bits per heavy atom. The first-order chi connectivity index (χ1) is 10.2. The maximum absolute atomic E-state index is 12.0. The zero-order chi connectivity index (χ0) is 14.7. The summed E-state index contributed by atoms with van der Waals surface area (Å²) < 4.78 is 0. The van der Waals surface area contributed by atoms with Crippen molar-refractivity contribution in [3.8, 4) is 0 Å². The molecule has 2 N–H and O–H groups in total. The van der Waals surface area contributed by atoms with Gasteiger partial charge in [-0.1, -0.05) is 12.1 Å². The van der Waals surface area contributed by atoms with Gasteiger partial charge in [-0.2, -0.15) is 11.3 Å². The number of fused-ring (bicyclic) bond motifs is 1. The van der Waals surface area contributed by atoms with Crippen LogP contribution in [0.5, 0.6) is 0 Å². The Hall–Kier alpha value is -2.31. The summed E-state index contributed by atoms with van der Waals surface area (Å²) in [7, 11) is 0. The first kappa shape index (κ1) is 13.7. The number of rotatable bonds is 4. The van der Waals surface area contributed by atoms with Crippen molar-refractivity contribution >= 4 is 28.3 Å². The number of para-hydroxylation sites is 2. The third-order valence-corrected chi connectivity index (χ3v) is 3.77. The molecule has 21 heavy (non-hydrogen) atoms. The van der Waals surface area contributed by atoms with Gasteiger partial charge in [-0.15, -0.1) is 0 Å². The minimum absolute atomic E-state index is 0.143. The molecular weight excluding hydrogens is 286 g/mol. The molecule has 0 saturated heterocycles. The Labute approximate surface area is 125 Å². The van der Waals surface area contributed by atoms with Crippen molar-refractivity contribution in [1.82, 2.24) is 15.3 Å². The third-order valence-electron chi connectivity index (χ3n) is 3.07. The second kappa shape index (κ2) is 5.99. The highest BCUT2D eigenvalue weighted by atomic mass is 32.1. The van der Waals surface area contributed by atoms with Gasteiger partial charge in [0.25, 0.3) is 5.91 Å². The van der Waals surface area contributed by atoms with Gasteiger partial charge < -0.3 is 10.4 Å². The van der Waals surface area contributed by atoms with E-state index in [0.29, 0.717) is 5.52 Å². The van der Waals surface area contributed by atoms with Crippen LogP contribution in [0, 0.1) is 0 Å². The average molecular weight is 299 g/mol. The minimum Gasteiger partial charge on any atom is -0.387 e. The third kappa shape index (κ3) is 3.07. The fraction of sp³-hybridized carbons (Fsp3) is 0.133. The zero-order valence-electron chi connectivity index (χ0n) is 11.1. The van der Waals surface area contributed by atoms with E-state index in [2.05, 4.69) is 15.3 Å². The molecule has 3 rings (SSSR count). The van der Waals surface area contributed by atoms with Crippen LogP contribution >= 0.6 is 11.3 Å². The number of thiophene rings is 1. The number of aromatic nitrogens is 2. The molecule has 3 aromatic rings. The number of nitrogens with one attached hydrogen (secondary N) is 1. The lowest BCUT2D eigenvalue weighted by Crippen LogP contribution is -2.29. The first-order valence-electron chi connectivity index (χ1n) is 6.44. The van der Waals surface area contributed by atoms with Gasteiger partial charge in [0, 0.05) is 6.54 Å². The van der Waals surface area contributed by atoms with Crippen LogP contribution in [0.1, 0.15) is 22.2 Å². The van der Waals surface area contributed by atoms with Crippen LogP contribution in [0.15, 0.2) is 47.3 Å². The predicted molar refractivity (Wildman–Crippen MR) is 81.2 cm³/mol. The summed E-state index contributed by atoms with van der Waals surface area (Å²) in [5, 5.41) is 16.3. The van der Waals surface area contributed by atoms with Gasteiger partial charge >= 0.3 is 0 Å². The van der Waals surface area contributed by atoms with Crippen LogP contribution < -0.4 is 5.32 Å². The summed E-state index contributed by atoms with van der Waals surface area (Å²) in [5.74, 6) is -0.345. The molecule has 106 valence electrons. The molecule has 0 aliphatic rings. The standard InChI is InChI=1S/C15H13N3O2S/c19-14(10-5-6-21-9-10)8-17-15(20)13-7-16-11-3-1-2-4-12(11)18-13/h1-7,9,14,19H,8H2,(H,17,20)/t14-/m1/s1. The summed E-state index contributed by atoms with van der Waals surface area (Å²) in [5.41, 5.74) is 2.45. The molecule has 0 fully saturated rings. The minimum atomic E-state index is -0.714. The maximum atomic E-state index is 12.0. The molecule has 1 atom stereocenters. The van der Waals surface area contributed by atoms with Crippen molar-refractivity contribution in [2.75, 3.05) is 6.54 Å². The Bertz CT molecular complexity index is 758. The van der Waals surface area contributed by atoms with Crippen LogP contribution in [-0.4, -0.2) is 27.5 Å². The van der Waals surface area contributed by atoms with Gasteiger partial charge in [0.15, 0.2) is 0 Å². The summed E-state index contributed by atoms with van der Waals surface area (Å²) >= 11 is 1.50. The molecule has 1 aromatic carbocycles. The molecule has 0 saturated carbocycles. The lowest BCUT2D eigenvalue weighted by Gasteiger charge is -2.10. The number of hydrogen-bond acceptors (Lipinski definition) is 5. The van der Waals surface area contributed by atoms with E-state index in [-0.39, 0.29) is 18.1 Å². The Balaban J connectivity index is 1.69. The van der Waals surface area contributed by atoms with Gasteiger partial charge in [0.2, 0.25) is 0 Å². The lowest BCUT2D eigenvalue weighted by atomic mass is 10.2. The molecule has 0 aliphatic carbocycles. The zero-order valence-corrected chi connectivity index (χ0v) is 11.9. The van der Waals surface area contributed by atoms with Crippen LogP contribution in [-0.2, 0) is 0 Å². The fourth-order valence-electron chi connectivity index (χ4n) is 1.93. The van der Waals surface area contributed by atoms with Crippen molar-refractivity contribution in [3.63, 3.8) is 0 Å². The molecule has 2 aromatic heterocycles.